The van der Waals surface area contributed by atoms with E-state index in [0.29, 0.717) is 31.1 Å². The summed E-state index contributed by atoms with van der Waals surface area (Å²) < 4.78 is 5.66. The van der Waals surface area contributed by atoms with Crippen LogP contribution in [0.25, 0.3) is 0 Å². The van der Waals surface area contributed by atoms with E-state index in [9.17, 15) is 9.59 Å². The molecule has 2 amide bonds. The molecule has 4 rings (SSSR count). The molecule has 2 heterocycles. The molecule has 1 saturated heterocycles. The van der Waals surface area contributed by atoms with Crippen LogP contribution >= 0.6 is 12.4 Å². The van der Waals surface area contributed by atoms with Crippen molar-refractivity contribution in [3.8, 4) is 5.75 Å². The number of fused-ring (bicyclic) bond motifs is 1. The predicted molar refractivity (Wildman–Crippen MR) is 114 cm³/mol. The number of carbonyl (C=O) groups excluding carboxylic acids is 2. The number of hydrogen-bond donors (Lipinski definition) is 1. The molecular weight excluding hydrogens is 390 g/mol. The first kappa shape index (κ1) is 21.1. The van der Waals surface area contributed by atoms with Crippen molar-refractivity contribution in [2.45, 2.75) is 18.9 Å². The van der Waals surface area contributed by atoms with Gasteiger partial charge in [0.15, 0.2) is 6.10 Å². The Morgan fingerprint density at radius 2 is 1.79 bits per heavy atom. The Labute approximate surface area is 177 Å². The molecule has 0 aliphatic carbocycles. The van der Waals surface area contributed by atoms with Gasteiger partial charge in [0.05, 0.1) is 5.69 Å². The molecule has 0 bridgehead atoms. The van der Waals surface area contributed by atoms with Crippen LogP contribution in [-0.4, -0.2) is 49.0 Å². The fourth-order valence-electron chi connectivity index (χ4n) is 4.15. The summed E-state index contributed by atoms with van der Waals surface area (Å²) >= 11 is 0. The van der Waals surface area contributed by atoms with Crippen LogP contribution in [0.1, 0.15) is 18.4 Å². The summed E-state index contributed by atoms with van der Waals surface area (Å²) in [6.07, 6.45) is -0.602. The van der Waals surface area contributed by atoms with Crippen molar-refractivity contribution in [2.24, 2.45) is 11.7 Å². The third-order valence-electron chi connectivity index (χ3n) is 5.69. The van der Waals surface area contributed by atoms with E-state index in [1.165, 1.54) is 5.56 Å². The van der Waals surface area contributed by atoms with Crippen molar-refractivity contribution in [3.63, 3.8) is 0 Å². The third kappa shape index (κ3) is 4.09. The van der Waals surface area contributed by atoms with E-state index in [1.807, 2.05) is 47.4 Å². The fourth-order valence-corrected chi connectivity index (χ4v) is 4.15. The number of halogens is 1. The van der Waals surface area contributed by atoms with Crippen LogP contribution in [0, 0.1) is 5.92 Å². The Morgan fingerprint density at radius 3 is 2.52 bits per heavy atom. The van der Waals surface area contributed by atoms with Gasteiger partial charge in [-0.05, 0) is 37.1 Å². The number of anilines is 1. The van der Waals surface area contributed by atoms with Gasteiger partial charge < -0.3 is 15.4 Å². The summed E-state index contributed by atoms with van der Waals surface area (Å²) in [5.74, 6) is 0.820. The molecule has 0 aromatic heterocycles. The molecular formula is C22H26ClN3O3. The summed E-state index contributed by atoms with van der Waals surface area (Å²) in [5.41, 5.74) is 7.84. The number of likely N-dealkylation sites (tertiary alicyclic amines) is 1. The Hall–Kier alpha value is -2.57. The highest BCUT2D eigenvalue weighted by Crippen LogP contribution is 2.35. The number of nitrogens with two attached hydrogens (primary N) is 1. The van der Waals surface area contributed by atoms with E-state index in [-0.39, 0.29) is 42.6 Å². The number of rotatable bonds is 4. The minimum atomic E-state index is -0.602. The summed E-state index contributed by atoms with van der Waals surface area (Å²) in [6, 6.07) is 17.5. The molecule has 2 aliphatic rings. The van der Waals surface area contributed by atoms with Crippen molar-refractivity contribution in [1.29, 1.82) is 0 Å². The zero-order valence-electron chi connectivity index (χ0n) is 16.4. The first-order chi connectivity index (χ1) is 13.6. The van der Waals surface area contributed by atoms with Gasteiger partial charge in [-0.2, -0.15) is 0 Å². The normalized spacial score (nSPS) is 23.2. The van der Waals surface area contributed by atoms with Crippen molar-refractivity contribution in [3.05, 3.63) is 60.2 Å². The zero-order chi connectivity index (χ0) is 19.7. The molecule has 7 heteroatoms. The second-order valence-electron chi connectivity index (χ2n) is 7.46. The number of amides is 2. The predicted octanol–water partition coefficient (Wildman–Crippen LogP) is 2.42. The number of para-hydroxylation sites is 2. The van der Waals surface area contributed by atoms with Crippen LogP contribution in [0.4, 0.5) is 5.69 Å². The maximum Gasteiger partial charge on any atom is 0.268 e. The van der Waals surface area contributed by atoms with Gasteiger partial charge in [-0.25, -0.2) is 0 Å². The molecule has 1 unspecified atom stereocenters. The van der Waals surface area contributed by atoms with Gasteiger partial charge in [0, 0.05) is 19.0 Å². The Bertz CT molecular complexity index is 877. The van der Waals surface area contributed by atoms with Crippen LogP contribution in [0.3, 0.4) is 0 Å². The highest BCUT2D eigenvalue weighted by Gasteiger charge is 2.38. The van der Waals surface area contributed by atoms with Gasteiger partial charge in [-0.1, -0.05) is 42.5 Å². The third-order valence-corrected chi connectivity index (χ3v) is 5.69. The highest BCUT2D eigenvalue weighted by molar-refractivity contribution is 6.03. The van der Waals surface area contributed by atoms with Gasteiger partial charge in [0.25, 0.3) is 5.91 Å². The lowest BCUT2D eigenvalue weighted by molar-refractivity contribution is -0.132. The summed E-state index contributed by atoms with van der Waals surface area (Å²) in [6.45, 7) is 3.49. The van der Waals surface area contributed by atoms with Crippen molar-refractivity contribution in [1.82, 2.24) is 4.90 Å². The lowest BCUT2D eigenvalue weighted by Crippen LogP contribution is -2.49. The fraction of sp³-hybridized carbons (Fsp3) is 0.364. The molecule has 2 aromatic rings. The van der Waals surface area contributed by atoms with E-state index in [2.05, 4.69) is 12.1 Å². The molecule has 0 spiro atoms. The molecule has 0 radical (unpaired) electrons. The quantitative estimate of drug-likeness (QED) is 0.832. The first-order valence-electron chi connectivity index (χ1n) is 9.68. The number of carbonyl (C=O) groups is 2. The highest BCUT2D eigenvalue weighted by atomic mass is 35.5. The first-order valence-corrected chi connectivity index (χ1v) is 9.68. The van der Waals surface area contributed by atoms with Gasteiger partial charge >= 0.3 is 0 Å². The zero-order valence-corrected chi connectivity index (χ0v) is 17.2. The summed E-state index contributed by atoms with van der Waals surface area (Å²) in [5, 5.41) is 0. The Balaban J connectivity index is 0.00000240. The molecule has 2 N–H and O–H groups in total. The minimum absolute atomic E-state index is 0. The van der Waals surface area contributed by atoms with E-state index in [0.717, 1.165) is 0 Å². The van der Waals surface area contributed by atoms with Crippen LogP contribution in [0.2, 0.25) is 0 Å². The molecule has 6 nitrogen and oxygen atoms in total. The molecule has 2 aliphatic heterocycles. The number of hydrogen-bond acceptors (Lipinski definition) is 4. The van der Waals surface area contributed by atoms with E-state index in [4.69, 9.17) is 10.5 Å². The second-order valence-corrected chi connectivity index (χ2v) is 7.46. The molecule has 3 atom stereocenters. The van der Waals surface area contributed by atoms with Crippen LogP contribution in [-0.2, 0) is 9.59 Å². The second kappa shape index (κ2) is 8.84. The SMILES string of the molecule is CC1Oc2ccccc2N(CC(=O)N2C[C@@H](CN)[C@H](c3ccccc3)C2)C1=O.Cl. The average molecular weight is 416 g/mol. The molecule has 1 fully saturated rings. The minimum Gasteiger partial charge on any atom is -0.479 e. The molecule has 29 heavy (non-hydrogen) atoms. The van der Waals surface area contributed by atoms with Gasteiger partial charge in [0.1, 0.15) is 12.3 Å². The smallest absolute Gasteiger partial charge is 0.268 e. The maximum atomic E-state index is 13.1. The van der Waals surface area contributed by atoms with Crippen molar-refractivity contribution < 1.29 is 14.3 Å². The average Bonchev–Trinajstić information content (AvgIpc) is 3.16. The monoisotopic (exact) mass is 415 g/mol. The number of nitrogens with zero attached hydrogens (tertiary/aromatic N) is 2. The summed E-state index contributed by atoms with van der Waals surface area (Å²) in [4.78, 5) is 29.1. The topological polar surface area (TPSA) is 75.9 Å². The largest absolute Gasteiger partial charge is 0.479 e. The van der Waals surface area contributed by atoms with Crippen LogP contribution < -0.4 is 15.4 Å². The lowest BCUT2D eigenvalue weighted by atomic mass is 9.89. The number of ether oxygens (including phenoxy) is 1. The molecule has 154 valence electrons. The molecule has 0 saturated carbocycles. The van der Waals surface area contributed by atoms with E-state index >= 15 is 0 Å². The van der Waals surface area contributed by atoms with Crippen LogP contribution in [0.15, 0.2) is 54.6 Å². The van der Waals surface area contributed by atoms with Crippen molar-refractivity contribution in [2.75, 3.05) is 31.1 Å². The number of benzene rings is 2. The Kier molecular flexibility index (Phi) is 6.45. The standard InChI is InChI=1S/C22H25N3O3.ClH/c1-15-22(27)25(19-9-5-6-10-20(19)28-15)14-21(26)24-12-17(11-23)18(13-24)16-7-3-2-4-8-16;/h2-10,15,17-18H,11-14,23H2,1H3;1H/t15?,17-,18+;/m1./s1. The van der Waals surface area contributed by atoms with Crippen LogP contribution in [0.5, 0.6) is 5.75 Å². The maximum absolute atomic E-state index is 13.1. The molecule has 2 aromatic carbocycles. The van der Waals surface area contributed by atoms with Gasteiger partial charge in [0.2, 0.25) is 5.91 Å². The van der Waals surface area contributed by atoms with Gasteiger partial charge in [-0.15, -0.1) is 12.4 Å². The summed E-state index contributed by atoms with van der Waals surface area (Å²) in [7, 11) is 0. The van der Waals surface area contributed by atoms with Crippen molar-refractivity contribution >= 4 is 29.9 Å². The van der Waals surface area contributed by atoms with Gasteiger partial charge in [-0.3, -0.25) is 14.5 Å². The van der Waals surface area contributed by atoms with E-state index in [1.54, 1.807) is 11.8 Å². The Morgan fingerprint density at radius 1 is 1.10 bits per heavy atom. The lowest BCUT2D eigenvalue weighted by Gasteiger charge is -2.33. The van der Waals surface area contributed by atoms with E-state index < -0.39 is 6.10 Å².